The molecule has 0 heterocycles. The van der Waals surface area contributed by atoms with Gasteiger partial charge in [0.15, 0.2) is 0 Å². The molecule has 5 heteroatoms. The quantitative estimate of drug-likeness (QED) is 0.661. The van der Waals surface area contributed by atoms with Crippen molar-refractivity contribution in [3.05, 3.63) is 41.0 Å². The van der Waals surface area contributed by atoms with Crippen LogP contribution in [0.3, 0.4) is 0 Å². The molecular weight excluding hydrogens is 290 g/mol. The Balaban J connectivity index is 2.06. The maximum atomic E-state index is 12.2. The SMILES string of the molecule is CNC(=O)c1ccc(C=C(C#N)C(=O)NC2CCCCC2)cc1. The molecule has 0 atom stereocenters. The van der Waals surface area contributed by atoms with E-state index in [4.69, 9.17) is 0 Å². The summed E-state index contributed by atoms with van der Waals surface area (Å²) in [6.45, 7) is 0. The zero-order valence-electron chi connectivity index (χ0n) is 13.3. The molecule has 0 aliphatic heterocycles. The molecule has 120 valence electrons. The van der Waals surface area contributed by atoms with E-state index in [1.54, 1.807) is 37.4 Å². The number of nitrogens with zero attached hydrogens (tertiary/aromatic N) is 1. The first-order valence-electron chi connectivity index (χ1n) is 7.89. The van der Waals surface area contributed by atoms with E-state index < -0.39 is 0 Å². The normalized spacial score (nSPS) is 15.6. The van der Waals surface area contributed by atoms with Gasteiger partial charge in [-0.2, -0.15) is 5.26 Å². The summed E-state index contributed by atoms with van der Waals surface area (Å²) in [5.74, 6) is -0.495. The third-order valence-corrected chi connectivity index (χ3v) is 4.02. The fourth-order valence-corrected chi connectivity index (χ4v) is 2.70. The van der Waals surface area contributed by atoms with Crippen LogP contribution in [-0.2, 0) is 4.79 Å². The van der Waals surface area contributed by atoms with Crippen molar-refractivity contribution < 1.29 is 9.59 Å². The maximum Gasteiger partial charge on any atom is 0.262 e. The topological polar surface area (TPSA) is 82.0 Å². The Kier molecular flexibility index (Phi) is 5.93. The maximum absolute atomic E-state index is 12.2. The largest absolute Gasteiger partial charge is 0.355 e. The molecule has 5 nitrogen and oxygen atoms in total. The first kappa shape index (κ1) is 16.8. The molecule has 0 saturated heterocycles. The highest BCUT2D eigenvalue weighted by Crippen LogP contribution is 2.18. The van der Waals surface area contributed by atoms with Crippen LogP contribution in [0.25, 0.3) is 6.08 Å². The lowest BCUT2D eigenvalue weighted by molar-refractivity contribution is -0.117. The first-order valence-corrected chi connectivity index (χ1v) is 7.89. The Morgan fingerprint density at radius 1 is 1.17 bits per heavy atom. The van der Waals surface area contributed by atoms with Gasteiger partial charge in [0, 0.05) is 18.7 Å². The van der Waals surface area contributed by atoms with Crippen molar-refractivity contribution in [3.8, 4) is 6.07 Å². The second-order valence-electron chi connectivity index (χ2n) is 5.68. The van der Waals surface area contributed by atoms with E-state index >= 15 is 0 Å². The molecule has 1 fully saturated rings. The number of nitrogens with one attached hydrogen (secondary N) is 2. The number of rotatable bonds is 4. The van der Waals surface area contributed by atoms with E-state index in [0.717, 1.165) is 25.7 Å². The summed E-state index contributed by atoms with van der Waals surface area (Å²) in [6, 6.07) is 8.90. The van der Waals surface area contributed by atoms with Gasteiger partial charge >= 0.3 is 0 Å². The van der Waals surface area contributed by atoms with Crippen LogP contribution in [0.4, 0.5) is 0 Å². The monoisotopic (exact) mass is 311 g/mol. The van der Waals surface area contributed by atoms with Crippen LogP contribution in [0.5, 0.6) is 0 Å². The van der Waals surface area contributed by atoms with Crippen molar-refractivity contribution in [3.63, 3.8) is 0 Å². The molecule has 0 radical (unpaired) electrons. The van der Waals surface area contributed by atoms with Crippen LogP contribution < -0.4 is 10.6 Å². The molecule has 0 bridgehead atoms. The average Bonchev–Trinajstić information content (AvgIpc) is 2.60. The van der Waals surface area contributed by atoms with Crippen molar-refractivity contribution in [2.45, 2.75) is 38.1 Å². The minimum atomic E-state index is -0.324. The van der Waals surface area contributed by atoms with E-state index in [1.165, 1.54) is 6.42 Å². The minimum absolute atomic E-state index is 0.0864. The highest BCUT2D eigenvalue weighted by Gasteiger charge is 2.18. The van der Waals surface area contributed by atoms with Gasteiger partial charge in [-0.25, -0.2) is 0 Å². The molecule has 1 aliphatic carbocycles. The van der Waals surface area contributed by atoms with Crippen LogP contribution in [0.15, 0.2) is 29.8 Å². The Labute approximate surface area is 136 Å². The number of hydrogen-bond donors (Lipinski definition) is 2. The predicted octanol–water partition coefficient (Wildman–Crippen LogP) is 2.40. The molecule has 1 saturated carbocycles. The first-order chi connectivity index (χ1) is 11.1. The van der Waals surface area contributed by atoms with E-state index in [0.29, 0.717) is 11.1 Å². The number of hydrogen-bond acceptors (Lipinski definition) is 3. The lowest BCUT2D eigenvalue weighted by Gasteiger charge is -2.22. The van der Waals surface area contributed by atoms with Gasteiger partial charge < -0.3 is 10.6 Å². The Bertz CT molecular complexity index is 635. The number of nitriles is 1. The summed E-state index contributed by atoms with van der Waals surface area (Å²) in [6.07, 6.45) is 6.96. The molecular formula is C18H21N3O2. The van der Waals surface area contributed by atoms with Crippen LogP contribution >= 0.6 is 0 Å². The van der Waals surface area contributed by atoms with E-state index in [-0.39, 0.29) is 23.4 Å². The van der Waals surface area contributed by atoms with E-state index in [2.05, 4.69) is 10.6 Å². The van der Waals surface area contributed by atoms with Gasteiger partial charge in [-0.3, -0.25) is 9.59 Å². The fourth-order valence-electron chi connectivity index (χ4n) is 2.70. The van der Waals surface area contributed by atoms with Gasteiger partial charge in [-0.05, 0) is 36.6 Å². The van der Waals surface area contributed by atoms with Crippen molar-refractivity contribution in [2.24, 2.45) is 0 Å². The zero-order valence-corrected chi connectivity index (χ0v) is 13.3. The van der Waals surface area contributed by atoms with Gasteiger partial charge in [0.25, 0.3) is 11.8 Å². The number of benzene rings is 1. The van der Waals surface area contributed by atoms with Crippen LogP contribution in [0, 0.1) is 11.3 Å². The molecule has 0 spiro atoms. The lowest BCUT2D eigenvalue weighted by Crippen LogP contribution is -2.36. The standard InChI is InChI=1S/C18H21N3O2/c1-20-17(22)14-9-7-13(8-10-14)11-15(12-19)18(23)21-16-5-3-2-4-6-16/h7-11,16H,2-6H2,1H3,(H,20,22)(H,21,23). The van der Waals surface area contributed by atoms with Gasteiger partial charge in [0.2, 0.25) is 0 Å². The Hall–Kier alpha value is -2.61. The van der Waals surface area contributed by atoms with Crippen molar-refractivity contribution >= 4 is 17.9 Å². The molecule has 2 rings (SSSR count). The van der Waals surface area contributed by atoms with E-state index in [1.807, 2.05) is 6.07 Å². The molecule has 2 N–H and O–H groups in total. The van der Waals surface area contributed by atoms with Gasteiger partial charge in [-0.1, -0.05) is 31.4 Å². The smallest absolute Gasteiger partial charge is 0.262 e. The average molecular weight is 311 g/mol. The summed E-state index contributed by atoms with van der Waals surface area (Å²) in [5, 5.41) is 14.7. The molecule has 23 heavy (non-hydrogen) atoms. The van der Waals surface area contributed by atoms with Gasteiger partial charge in [0.05, 0.1) is 0 Å². The van der Waals surface area contributed by atoms with Crippen LogP contribution in [0.1, 0.15) is 48.0 Å². The highest BCUT2D eigenvalue weighted by molar-refractivity contribution is 6.02. The third kappa shape index (κ3) is 4.68. The fraction of sp³-hybridized carbons (Fsp3) is 0.389. The van der Waals surface area contributed by atoms with Gasteiger partial charge in [-0.15, -0.1) is 0 Å². The highest BCUT2D eigenvalue weighted by atomic mass is 16.2. The molecule has 0 aromatic heterocycles. The molecule has 1 aliphatic rings. The molecule has 0 unspecified atom stereocenters. The van der Waals surface area contributed by atoms with Crippen LogP contribution in [0.2, 0.25) is 0 Å². The van der Waals surface area contributed by atoms with Crippen molar-refractivity contribution in [1.82, 2.24) is 10.6 Å². The summed E-state index contributed by atoms with van der Waals surface area (Å²) in [7, 11) is 1.57. The summed E-state index contributed by atoms with van der Waals surface area (Å²) in [4.78, 5) is 23.7. The summed E-state index contributed by atoms with van der Waals surface area (Å²) < 4.78 is 0. The minimum Gasteiger partial charge on any atom is -0.355 e. The second kappa shape index (κ2) is 8.14. The molecule has 2 amide bonds. The van der Waals surface area contributed by atoms with Gasteiger partial charge in [0.1, 0.15) is 11.6 Å². The number of carbonyl (C=O) groups is 2. The number of carbonyl (C=O) groups excluding carboxylic acids is 2. The Morgan fingerprint density at radius 2 is 1.83 bits per heavy atom. The summed E-state index contributed by atoms with van der Waals surface area (Å²) >= 11 is 0. The zero-order chi connectivity index (χ0) is 16.7. The second-order valence-corrected chi connectivity index (χ2v) is 5.68. The number of amides is 2. The van der Waals surface area contributed by atoms with Crippen molar-refractivity contribution in [2.75, 3.05) is 7.05 Å². The Morgan fingerprint density at radius 3 is 2.39 bits per heavy atom. The van der Waals surface area contributed by atoms with Crippen LogP contribution in [-0.4, -0.2) is 24.9 Å². The lowest BCUT2D eigenvalue weighted by atomic mass is 9.95. The van der Waals surface area contributed by atoms with E-state index in [9.17, 15) is 14.9 Å². The van der Waals surface area contributed by atoms with Crippen molar-refractivity contribution in [1.29, 1.82) is 5.26 Å². The third-order valence-electron chi connectivity index (χ3n) is 4.02. The molecule has 1 aromatic carbocycles. The predicted molar refractivity (Wildman–Crippen MR) is 88.4 cm³/mol. The molecule has 1 aromatic rings. The summed E-state index contributed by atoms with van der Waals surface area (Å²) in [5.41, 5.74) is 1.34.